The SMILES string of the molecule is O=C(Nc1ccccc1O)c1ccc(OCC2CC2)cc1. The van der Waals surface area contributed by atoms with Crippen molar-refractivity contribution in [1.82, 2.24) is 0 Å². The first-order valence-electron chi connectivity index (χ1n) is 7.04. The van der Waals surface area contributed by atoms with Crippen LogP contribution in [0.15, 0.2) is 48.5 Å². The van der Waals surface area contributed by atoms with Crippen LogP contribution < -0.4 is 10.1 Å². The number of aromatic hydroxyl groups is 1. The Balaban J connectivity index is 1.62. The molecule has 0 aromatic heterocycles. The standard InChI is InChI=1S/C17H17NO3/c19-16-4-2-1-3-15(16)18-17(20)13-7-9-14(10-8-13)21-11-12-5-6-12/h1-4,7-10,12,19H,5-6,11H2,(H,18,20). The van der Waals surface area contributed by atoms with Gasteiger partial charge in [-0.2, -0.15) is 0 Å². The molecule has 3 rings (SSSR count). The van der Waals surface area contributed by atoms with Gasteiger partial charge in [0.15, 0.2) is 0 Å². The number of hydrogen-bond donors (Lipinski definition) is 2. The smallest absolute Gasteiger partial charge is 0.255 e. The van der Waals surface area contributed by atoms with Crippen LogP contribution in [0.3, 0.4) is 0 Å². The van der Waals surface area contributed by atoms with E-state index in [1.807, 2.05) is 0 Å². The molecule has 1 fully saturated rings. The van der Waals surface area contributed by atoms with Gasteiger partial charge in [-0.15, -0.1) is 0 Å². The summed E-state index contributed by atoms with van der Waals surface area (Å²) in [4.78, 5) is 12.1. The normalized spacial score (nSPS) is 13.7. The van der Waals surface area contributed by atoms with E-state index in [0.717, 1.165) is 12.4 Å². The van der Waals surface area contributed by atoms with Crippen LogP contribution in [0.1, 0.15) is 23.2 Å². The molecule has 1 saturated carbocycles. The van der Waals surface area contributed by atoms with Gasteiger partial charge in [-0.05, 0) is 55.2 Å². The number of anilines is 1. The fourth-order valence-corrected chi connectivity index (χ4v) is 1.97. The van der Waals surface area contributed by atoms with Gasteiger partial charge in [0.25, 0.3) is 5.91 Å². The highest BCUT2D eigenvalue weighted by Gasteiger charge is 2.21. The lowest BCUT2D eigenvalue weighted by molar-refractivity contribution is 0.102. The molecule has 0 bridgehead atoms. The van der Waals surface area contributed by atoms with E-state index in [4.69, 9.17) is 4.74 Å². The predicted octanol–water partition coefficient (Wildman–Crippen LogP) is 3.43. The van der Waals surface area contributed by atoms with E-state index < -0.39 is 0 Å². The molecule has 21 heavy (non-hydrogen) atoms. The Hall–Kier alpha value is -2.49. The quantitative estimate of drug-likeness (QED) is 0.826. The third-order valence-corrected chi connectivity index (χ3v) is 3.45. The number of rotatable bonds is 5. The Labute approximate surface area is 123 Å². The molecule has 0 spiro atoms. The largest absolute Gasteiger partial charge is 0.506 e. The van der Waals surface area contributed by atoms with Gasteiger partial charge < -0.3 is 15.2 Å². The summed E-state index contributed by atoms with van der Waals surface area (Å²) >= 11 is 0. The van der Waals surface area contributed by atoms with Gasteiger partial charge in [-0.25, -0.2) is 0 Å². The number of phenolic OH excluding ortho intramolecular Hbond substituents is 1. The fraction of sp³-hybridized carbons (Fsp3) is 0.235. The first kappa shape index (κ1) is 13.5. The molecule has 2 aromatic rings. The van der Waals surface area contributed by atoms with E-state index in [1.54, 1.807) is 42.5 Å². The molecule has 0 heterocycles. The average Bonchev–Trinajstić information content (AvgIpc) is 3.32. The maximum atomic E-state index is 12.1. The summed E-state index contributed by atoms with van der Waals surface area (Å²) in [6, 6.07) is 13.7. The first-order chi connectivity index (χ1) is 10.2. The second kappa shape index (κ2) is 5.87. The van der Waals surface area contributed by atoms with E-state index in [0.29, 0.717) is 17.2 Å². The molecule has 0 aliphatic heterocycles. The molecular weight excluding hydrogens is 266 g/mol. The number of nitrogens with one attached hydrogen (secondary N) is 1. The lowest BCUT2D eigenvalue weighted by Gasteiger charge is -2.08. The van der Waals surface area contributed by atoms with Gasteiger partial charge in [-0.1, -0.05) is 12.1 Å². The maximum Gasteiger partial charge on any atom is 0.255 e. The predicted molar refractivity (Wildman–Crippen MR) is 80.7 cm³/mol. The lowest BCUT2D eigenvalue weighted by Crippen LogP contribution is -2.11. The molecule has 108 valence electrons. The number of phenols is 1. The van der Waals surface area contributed by atoms with Crippen molar-refractivity contribution in [2.45, 2.75) is 12.8 Å². The summed E-state index contributed by atoms with van der Waals surface area (Å²) in [6.45, 7) is 0.753. The number of carbonyl (C=O) groups excluding carboxylic acids is 1. The van der Waals surface area contributed by atoms with Crippen molar-refractivity contribution >= 4 is 11.6 Å². The Morgan fingerprint density at radius 1 is 1.14 bits per heavy atom. The Morgan fingerprint density at radius 3 is 2.52 bits per heavy atom. The van der Waals surface area contributed by atoms with Crippen LogP contribution in [0.5, 0.6) is 11.5 Å². The van der Waals surface area contributed by atoms with E-state index in [-0.39, 0.29) is 11.7 Å². The van der Waals surface area contributed by atoms with Crippen molar-refractivity contribution in [2.75, 3.05) is 11.9 Å². The van der Waals surface area contributed by atoms with Gasteiger partial charge in [0.2, 0.25) is 0 Å². The molecular formula is C17H17NO3. The minimum Gasteiger partial charge on any atom is -0.506 e. The van der Waals surface area contributed by atoms with Crippen molar-refractivity contribution < 1.29 is 14.6 Å². The first-order valence-corrected chi connectivity index (χ1v) is 7.04. The number of ether oxygens (including phenoxy) is 1. The minimum absolute atomic E-state index is 0.0511. The van der Waals surface area contributed by atoms with Gasteiger partial charge in [-0.3, -0.25) is 4.79 Å². The van der Waals surface area contributed by atoms with Gasteiger partial charge in [0.1, 0.15) is 11.5 Å². The molecule has 1 amide bonds. The Morgan fingerprint density at radius 2 is 1.86 bits per heavy atom. The molecule has 4 nitrogen and oxygen atoms in total. The molecule has 1 aliphatic carbocycles. The molecule has 1 aliphatic rings. The molecule has 2 aromatic carbocycles. The van der Waals surface area contributed by atoms with E-state index in [2.05, 4.69) is 5.32 Å². The van der Waals surface area contributed by atoms with Crippen LogP contribution in [0.4, 0.5) is 5.69 Å². The Kier molecular flexibility index (Phi) is 3.77. The third-order valence-electron chi connectivity index (χ3n) is 3.45. The van der Waals surface area contributed by atoms with E-state index in [1.165, 1.54) is 18.9 Å². The van der Waals surface area contributed by atoms with E-state index >= 15 is 0 Å². The number of carbonyl (C=O) groups is 1. The molecule has 0 radical (unpaired) electrons. The van der Waals surface area contributed by atoms with Crippen LogP contribution in [0.2, 0.25) is 0 Å². The highest BCUT2D eigenvalue weighted by molar-refractivity contribution is 6.05. The average molecular weight is 283 g/mol. The van der Waals surface area contributed by atoms with Crippen molar-refractivity contribution in [3.63, 3.8) is 0 Å². The third kappa shape index (κ3) is 3.54. The second-order valence-corrected chi connectivity index (χ2v) is 5.25. The monoisotopic (exact) mass is 283 g/mol. The summed E-state index contributed by atoms with van der Waals surface area (Å²) < 4.78 is 5.63. The number of benzene rings is 2. The van der Waals surface area contributed by atoms with Gasteiger partial charge in [0, 0.05) is 5.56 Å². The molecule has 0 unspecified atom stereocenters. The zero-order chi connectivity index (χ0) is 14.7. The number of hydrogen-bond acceptors (Lipinski definition) is 3. The maximum absolute atomic E-state index is 12.1. The highest BCUT2D eigenvalue weighted by atomic mass is 16.5. The molecule has 4 heteroatoms. The summed E-state index contributed by atoms with van der Waals surface area (Å²) in [5.74, 6) is 1.27. The second-order valence-electron chi connectivity index (χ2n) is 5.25. The molecule has 0 saturated heterocycles. The van der Waals surface area contributed by atoms with Gasteiger partial charge in [0.05, 0.1) is 12.3 Å². The van der Waals surface area contributed by atoms with Crippen LogP contribution in [0.25, 0.3) is 0 Å². The summed E-state index contributed by atoms with van der Waals surface area (Å²) in [7, 11) is 0. The van der Waals surface area contributed by atoms with Crippen LogP contribution in [-0.4, -0.2) is 17.6 Å². The van der Waals surface area contributed by atoms with Crippen LogP contribution >= 0.6 is 0 Å². The van der Waals surface area contributed by atoms with Crippen molar-refractivity contribution in [1.29, 1.82) is 0 Å². The number of para-hydroxylation sites is 2. The van der Waals surface area contributed by atoms with Crippen molar-refractivity contribution in [2.24, 2.45) is 5.92 Å². The Bertz CT molecular complexity index is 633. The fourth-order valence-electron chi connectivity index (χ4n) is 1.97. The topological polar surface area (TPSA) is 58.6 Å². The summed E-state index contributed by atoms with van der Waals surface area (Å²) in [5, 5.41) is 12.3. The lowest BCUT2D eigenvalue weighted by atomic mass is 10.2. The minimum atomic E-state index is -0.259. The molecule has 2 N–H and O–H groups in total. The number of amides is 1. The molecule has 0 atom stereocenters. The van der Waals surface area contributed by atoms with E-state index in [9.17, 15) is 9.90 Å². The zero-order valence-electron chi connectivity index (χ0n) is 11.6. The summed E-state index contributed by atoms with van der Waals surface area (Å²) in [6.07, 6.45) is 2.50. The van der Waals surface area contributed by atoms with Crippen LogP contribution in [0, 0.1) is 5.92 Å². The summed E-state index contributed by atoms with van der Waals surface area (Å²) in [5.41, 5.74) is 0.925. The van der Waals surface area contributed by atoms with Crippen LogP contribution in [-0.2, 0) is 0 Å². The van der Waals surface area contributed by atoms with Crippen molar-refractivity contribution in [3.05, 3.63) is 54.1 Å². The zero-order valence-corrected chi connectivity index (χ0v) is 11.6. The van der Waals surface area contributed by atoms with Gasteiger partial charge >= 0.3 is 0 Å². The van der Waals surface area contributed by atoms with Crippen molar-refractivity contribution in [3.8, 4) is 11.5 Å². The highest BCUT2D eigenvalue weighted by Crippen LogP contribution is 2.29.